The Morgan fingerprint density at radius 1 is 1.17 bits per heavy atom. The molecule has 2 aromatic carbocycles. The second kappa shape index (κ2) is 6.18. The molecular formula is C14H10Br2ClF. The smallest absolute Gasteiger partial charge is 0.126 e. The van der Waals surface area contributed by atoms with Gasteiger partial charge >= 0.3 is 0 Å². The summed E-state index contributed by atoms with van der Waals surface area (Å²) in [5, 5.41) is 0.677. The first-order valence-corrected chi connectivity index (χ1v) is 7.49. The van der Waals surface area contributed by atoms with E-state index in [1.165, 1.54) is 6.07 Å². The molecule has 0 saturated heterocycles. The lowest BCUT2D eigenvalue weighted by Gasteiger charge is -2.13. The molecule has 0 saturated carbocycles. The normalized spacial score (nSPS) is 12.4. The molecule has 0 aliphatic rings. The predicted molar refractivity (Wildman–Crippen MR) is 80.9 cm³/mol. The fraction of sp³-hybridized carbons (Fsp3) is 0.143. The van der Waals surface area contributed by atoms with Crippen molar-refractivity contribution in [2.45, 2.75) is 11.2 Å². The van der Waals surface area contributed by atoms with Crippen LogP contribution in [0.5, 0.6) is 0 Å². The molecule has 1 unspecified atom stereocenters. The van der Waals surface area contributed by atoms with Gasteiger partial charge in [0.2, 0.25) is 0 Å². The topological polar surface area (TPSA) is 0 Å². The lowest BCUT2D eigenvalue weighted by Crippen LogP contribution is -1.98. The van der Waals surface area contributed by atoms with Gasteiger partial charge in [-0.05, 0) is 35.7 Å². The standard InChI is InChI=1S/C14H10Br2ClF/c15-12(7-9-3-1-2-4-14(9)18)11-6-5-10(17)8-13(11)16/h1-6,8,12H,7H2. The second-order valence-electron chi connectivity index (χ2n) is 3.93. The van der Waals surface area contributed by atoms with E-state index in [-0.39, 0.29) is 10.6 Å². The molecule has 0 spiro atoms. The van der Waals surface area contributed by atoms with Crippen LogP contribution in [0, 0.1) is 5.82 Å². The molecular weight excluding hydrogens is 382 g/mol. The Bertz CT molecular complexity index is 557. The molecule has 0 fully saturated rings. The zero-order valence-electron chi connectivity index (χ0n) is 9.34. The number of hydrogen-bond donors (Lipinski definition) is 0. The van der Waals surface area contributed by atoms with Gasteiger partial charge in [-0.3, -0.25) is 0 Å². The SMILES string of the molecule is Fc1ccccc1CC(Br)c1ccc(Cl)cc1Br. The Morgan fingerprint density at radius 3 is 2.56 bits per heavy atom. The first kappa shape index (κ1) is 14.0. The van der Waals surface area contributed by atoms with Crippen molar-refractivity contribution in [2.75, 3.05) is 0 Å². The fourth-order valence-electron chi connectivity index (χ4n) is 1.72. The van der Waals surface area contributed by atoms with E-state index in [2.05, 4.69) is 31.9 Å². The first-order chi connectivity index (χ1) is 8.58. The fourth-order valence-corrected chi connectivity index (χ4v) is 3.74. The van der Waals surface area contributed by atoms with E-state index in [0.717, 1.165) is 10.0 Å². The van der Waals surface area contributed by atoms with Crippen LogP contribution in [0.2, 0.25) is 5.02 Å². The summed E-state index contributed by atoms with van der Waals surface area (Å²) in [6, 6.07) is 12.4. The molecule has 4 heteroatoms. The maximum atomic E-state index is 13.6. The van der Waals surface area contributed by atoms with Crippen molar-refractivity contribution in [3.63, 3.8) is 0 Å². The van der Waals surface area contributed by atoms with Gasteiger partial charge in [0.15, 0.2) is 0 Å². The third-order valence-corrected chi connectivity index (χ3v) is 4.40. The number of rotatable bonds is 3. The van der Waals surface area contributed by atoms with Gasteiger partial charge in [0.05, 0.1) is 0 Å². The van der Waals surface area contributed by atoms with Crippen molar-refractivity contribution in [3.8, 4) is 0 Å². The Hall–Kier alpha value is -0.380. The zero-order valence-corrected chi connectivity index (χ0v) is 13.3. The zero-order chi connectivity index (χ0) is 13.1. The molecule has 0 N–H and O–H groups in total. The molecule has 0 aromatic heterocycles. The van der Waals surface area contributed by atoms with Crippen LogP contribution in [0.25, 0.3) is 0 Å². The number of halogens is 4. The van der Waals surface area contributed by atoms with E-state index >= 15 is 0 Å². The van der Waals surface area contributed by atoms with Crippen molar-refractivity contribution in [1.29, 1.82) is 0 Å². The maximum absolute atomic E-state index is 13.6. The third kappa shape index (κ3) is 3.34. The predicted octanol–water partition coefficient (Wildman–Crippen LogP) is 5.92. The average Bonchev–Trinajstić information content (AvgIpc) is 2.32. The summed E-state index contributed by atoms with van der Waals surface area (Å²) in [5.41, 5.74) is 1.75. The Kier molecular flexibility index (Phi) is 4.82. The van der Waals surface area contributed by atoms with Gasteiger partial charge in [-0.25, -0.2) is 4.39 Å². The molecule has 0 amide bonds. The Morgan fingerprint density at radius 2 is 1.89 bits per heavy atom. The van der Waals surface area contributed by atoms with E-state index in [4.69, 9.17) is 11.6 Å². The molecule has 0 bridgehead atoms. The summed E-state index contributed by atoms with van der Waals surface area (Å²) >= 11 is 13.0. The lowest BCUT2D eigenvalue weighted by atomic mass is 10.0. The van der Waals surface area contributed by atoms with Crippen LogP contribution in [0.15, 0.2) is 46.9 Å². The molecule has 0 nitrogen and oxygen atoms in total. The monoisotopic (exact) mass is 390 g/mol. The minimum absolute atomic E-state index is 0.0426. The molecule has 0 heterocycles. The Balaban J connectivity index is 2.22. The summed E-state index contributed by atoms with van der Waals surface area (Å²) < 4.78 is 14.5. The third-order valence-electron chi connectivity index (χ3n) is 2.66. The molecule has 0 aliphatic heterocycles. The van der Waals surface area contributed by atoms with Gasteiger partial charge < -0.3 is 0 Å². The van der Waals surface area contributed by atoms with E-state index < -0.39 is 0 Å². The minimum Gasteiger partial charge on any atom is -0.207 e. The van der Waals surface area contributed by atoms with Crippen molar-refractivity contribution >= 4 is 43.5 Å². The summed E-state index contributed by atoms with van der Waals surface area (Å²) in [6.07, 6.45) is 0.590. The van der Waals surface area contributed by atoms with Crippen molar-refractivity contribution in [2.24, 2.45) is 0 Å². The van der Waals surface area contributed by atoms with Crippen LogP contribution < -0.4 is 0 Å². The summed E-state index contributed by atoms with van der Waals surface area (Å²) in [6.45, 7) is 0. The number of benzene rings is 2. The van der Waals surface area contributed by atoms with Gasteiger partial charge in [-0.1, -0.05) is 67.7 Å². The molecule has 1 atom stereocenters. The molecule has 0 aliphatic carbocycles. The quantitative estimate of drug-likeness (QED) is 0.569. The number of alkyl halides is 1. The van der Waals surface area contributed by atoms with Crippen molar-refractivity contribution < 1.29 is 4.39 Å². The highest BCUT2D eigenvalue weighted by Crippen LogP contribution is 2.34. The van der Waals surface area contributed by atoms with E-state index in [0.29, 0.717) is 17.0 Å². The van der Waals surface area contributed by atoms with Crippen molar-refractivity contribution in [1.82, 2.24) is 0 Å². The number of hydrogen-bond acceptors (Lipinski definition) is 0. The van der Waals surface area contributed by atoms with Crippen LogP contribution in [-0.4, -0.2) is 0 Å². The molecule has 18 heavy (non-hydrogen) atoms. The maximum Gasteiger partial charge on any atom is 0.126 e. The highest BCUT2D eigenvalue weighted by Gasteiger charge is 2.14. The van der Waals surface area contributed by atoms with Crippen LogP contribution >= 0.6 is 43.5 Å². The second-order valence-corrected chi connectivity index (χ2v) is 6.32. The summed E-state index contributed by atoms with van der Waals surface area (Å²) in [5.74, 6) is -0.174. The van der Waals surface area contributed by atoms with Gasteiger partial charge in [-0.2, -0.15) is 0 Å². The largest absolute Gasteiger partial charge is 0.207 e. The van der Waals surface area contributed by atoms with Gasteiger partial charge in [0.1, 0.15) is 5.82 Å². The molecule has 0 radical (unpaired) electrons. The van der Waals surface area contributed by atoms with Gasteiger partial charge in [0, 0.05) is 14.3 Å². The van der Waals surface area contributed by atoms with Crippen LogP contribution in [0.1, 0.15) is 16.0 Å². The van der Waals surface area contributed by atoms with E-state index in [1.54, 1.807) is 12.1 Å². The first-order valence-electron chi connectivity index (χ1n) is 5.40. The lowest BCUT2D eigenvalue weighted by molar-refractivity contribution is 0.608. The van der Waals surface area contributed by atoms with Crippen LogP contribution in [0.4, 0.5) is 4.39 Å². The molecule has 2 aromatic rings. The average molecular weight is 392 g/mol. The van der Waals surface area contributed by atoms with E-state index in [9.17, 15) is 4.39 Å². The summed E-state index contributed by atoms with van der Waals surface area (Å²) in [4.78, 5) is 0.0426. The summed E-state index contributed by atoms with van der Waals surface area (Å²) in [7, 11) is 0. The van der Waals surface area contributed by atoms with Gasteiger partial charge in [-0.15, -0.1) is 0 Å². The molecule has 2 rings (SSSR count). The minimum atomic E-state index is -0.174. The molecule has 94 valence electrons. The van der Waals surface area contributed by atoms with Gasteiger partial charge in [0.25, 0.3) is 0 Å². The van der Waals surface area contributed by atoms with Crippen LogP contribution in [-0.2, 0) is 6.42 Å². The van der Waals surface area contributed by atoms with Crippen molar-refractivity contribution in [3.05, 3.63) is 68.9 Å². The Labute approximate surface area is 127 Å². The van der Waals surface area contributed by atoms with Crippen LogP contribution in [0.3, 0.4) is 0 Å². The van der Waals surface area contributed by atoms with E-state index in [1.807, 2.05) is 24.3 Å². The highest BCUT2D eigenvalue weighted by molar-refractivity contribution is 9.11. The highest BCUT2D eigenvalue weighted by atomic mass is 79.9.